The highest BCUT2D eigenvalue weighted by Gasteiger charge is 2.18. The molecule has 0 saturated heterocycles. The first-order chi connectivity index (χ1) is 18.8. The first kappa shape index (κ1) is 23.4. The summed E-state index contributed by atoms with van der Waals surface area (Å²) in [5.74, 6) is 1.23. The van der Waals surface area contributed by atoms with Gasteiger partial charge in [-0.1, -0.05) is 36.4 Å². The lowest BCUT2D eigenvalue weighted by Gasteiger charge is -2.09. The molecule has 0 atom stereocenters. The maximum absolute atomic E-state index is 9.14. The third kappa shape index (κ3) is 4.95. The Morgan fingerprint density at radius 3 is 2.58 bits per heavy atom. The van der Waals surface area contributed by atoms with Crippen LogP contribution in [0.5, 0.6) is 5.75 Å². The first-order valence-electron chi connectivity index (χ1n) is 12.2. The molecule has 188 valence electrons. The summed E-state index contributed by atoms with van der Waals surface area (Å²) in [5, 5.41) is 16.6. The zero-order chi connectivity index (χ0) is 25.7. The predicted molar refractivity (Wildman–Crippen MR) is 145 cm³/mol. The molecule has 0 fully saturated rings. The normalized spacial score (nSPS) is 11.1. The highest BCUT2D eigenvalue weighted by molar-refractivity contribution is 5.81. The summed E-state index contributed by atoms with van der Waals surface area (Å²) in [6.45, 7) is 0.948. The summed E-state index contributed by atoms with van der Waals surface area (Å²) in [5.41, 5.74) is 6.03. The molecule has 0 unspecified atom stereocenters. The molecule has 4 aromatic heterocycles. The minimum Gasteiger partial charge on any atom is -0.489 e. The Labute approximate surface area is 219 Å². The number of anilines is 2. The van der Waals surface area contributed by atoms with Crippen LogP contribution in [0.2, 0.25) is 0 Å². The number of fused-ring (bicyclic) bond motifs is 1. The first-order valence-corrected chi connectivity index (χ1v) is 12.2. The number of nitrogens with zero attached hydrogens (tertiary/aromatic N) is 6. The number of hydrogen-bond donors (Lipinski definition) is 2. The van der Waals surface area contributed by atoms with Gasteiger partial charge in [0.05, 0.1) is 42.1 Å². The van der Waals surface area contributed by atoms with Crippen molar-refractivity contribution in [3.63, 3.8) is 0 Å². The van der Waals surface area contributed by atoms with Crippen LogP contribution in [0.25, 0.3) is 28.3 Å². The molecule has 0 radical (unpaired) electrons. The lowest BCUT2D eigenvalue weighted by molar-refractivity contribution is 0.269. The van der Waals surface area contributed by atoms with E-state index in [1.54, 1.807) is 23.3 Å². The molecule has 0 aliphatic heterocycles. The van der Waals surface area contributed by atoms with Gasteiger partial charge < -0.3 is 15.2 Å². The molecule has 0 spiro atoms. The lowest BCUT2D eigenvalue weighted by Crippen LogP contribution is -2.02. The third-order valence-electron chi connectivity index (χ3n) is 6.02. The number of aromatic nitrogens is 6. The molecule has 6 rings (SSSR count). The summed E-state index contributed by atoms with van der Waals surface area (Å²) in [6, 6.07) is 25.8. The Morgan fingerprint density at radius 2 is 1.74 bits per heavy atom. The van der Waals surface area contributed by atoms with Gasteiger partial charge in [0, 0.05) is 24.2 Å². The van der Waals surface area contributed by atoms with Crippen molar-refractivity contribution in [2.24, 2.45) is 0 Å². The summed E-state index contributed by atoms with van der Waals surface area (Å²) < 4.78 is 9.65. The molecule has 38 heavy (non-hydrogen) atoms. The van der Waals surface area contributed by atoms with Crippen LogP contribution in [0.1, 0.15) is 5.56 Å². The van der Waals surface area contributed by atoms with Crippen molar-refractivity contribution in [1.29, 1.82) is 0 Å². The quantitative estimate of drug-likeness (QED) is 0.287. The molecule has 0 aliphatic rings. The predicted octanol–water partition coefficient (Wildman–Crippen LogP) is 4.97. The van der Waals surface area contributed by atoms with E-state index >= 15 is 0 Å². The van der Waals surface area contributed by atoms with E-state index in [4.69, 9.17) is 19.8 Å². The minimum absolute atomic E-state index is 0.0182. The maximum atomic E-state index is 9.14. The summed E-state index contributed by atoms with van der Waals surface area (Å²) in [6.07, 6.45) is 7.17. The van der Waals surface area contributed by atoms with Crippen molar-refractivity contribution in [3.8, 4) is 28.4 Å². The Kier molecular flexibility index (Phi) is 6.48. The third-order valence-corrected chi connectivity index (χ3v) is 6.02. The Morgan fingerprint density at radius 1 is 0.895 bits per heavy atom. The van der Waals surface area contributed by atoms with Crippen molar-refractivity contribution in [3.05, 3.63) is 109 Å². The summed E-state index contributed by atoms with van der Waals surface area (Å²) >= 11 is 0. The molecule has 0 bridgehead atoms. The highest BCUT2D eigenvalue weighted by atomic mass is 16.5. The number of nitrogens with one attached hydrogen (secondary N) is 1. The number of aliphatic hydroxyl groups is 1. The number of imidazole rings is 1. The molecule has 6 aromatic rings. The van der Waals surface area contributed by atoms with Crippen LogP contribution in [-0.4, -0.2) is 40.8 Å². The van der Waals surface area contributed by atoms with E-state index in [-0.39, 0.29) is 6.61 Å². The van der Waals surface area contributed by atoms with Crippen molar-refractivity contribution in [2.75, 3.05) is 11.9 Å². The van der Waals surface area contributed by atoms with Gasteiger partial charge in [0.1, 0.15) is 18.0 Å². The Bertz CT molecular complexity index is 1660. The van der Waals surface area contributed by atoms with E-state index in [2.05, 4.69) is 15.4 Å². The Hall–Kier alpha value is -5.02. The summed E-state index contributed by atoms with van der Waals surface area (Å²) in [7, 11) is 0. The molecular weight excluding hydrogens is 478 g/mol. The van der Waals surface area contributed by atoms with Crippen LogP contribution in [0.3, 0.4) is 0 Å². The van der Waals surface area contributed by atoms with Gasteiger partial charge in [0.2, 0.25) is 5.95 Å². The number of benzene rings is 2. The van der Waals surface area contributed by atoms with E-state index in [0.29, 0.717) is 19.1 Å². The van der Waals surface area contributed by atoms with Crippen LogP contribution in [0, 0.1) is 0 Å². The maximum Gasteiger partial charge on any atom is 0.227 e. The van der Waals surface area contributed by atoms with Crippen LogP contribution >= 0.6 is 0 Å². The van der Waals surface area contributed by atoms with Crippen molar-refractivity contribution >= 4 is 17.3 Å². The topological polar surface area (TPSA) is 102 Å². The van der Waals surface area contributed by atoms with E-state index in [9.17, 15) is 0 Å². The van der Waals surface area contributed by atoms with Gasteiger partial charge in [-0.2, -0.15) is 5.10 Å². The number of rotatable bonds is 9. The van der Waals surface area contributed by atoms with Gasteiger partial charge in [-0.15, -0.1) is 0 Å². The largest absolute Gasteiger partial charge is 0.489 e. The molecule has 2 aromatic carbocycles. The molecule has 9 heteroatoms. The minimum atomic E-state index is 0.0182. The molecular formula is C29H25N7O2. The van der Waals surface area contributed by atoms with Gasteiger partial charge in [0.15, 0.2) is 0 Å². The molecule has 0 saturated carbocycles. The fourth-order valence-corrected chi connectivity index (χ4v) is 4.22. The van der Waals surface area contributed by atoms with Crippen LogP contribution in [-0.2, 0) is 13.2 Å². The highest BCUT2D eigenvalue weighted by Crippen LogP contribution is 2.33. The standard InChI is InChI=1S/C29H25N7O2/c37-17-16-35-19-23(18-31-35)32-29-30-14-13-25(33-29)28-27(34-26-8-4-5-15-36(26)28)22-9-11-24(12-10-22)38-20-21-6-2-1-3-7-21/h1-15,18-19,37H,16-17,20H2,(H,30,32,33). The molecule has 0 amide bonds. The van der Waals surface area contributed by atoms with Gasteiger partial charge in [-0.05, 0) is 48.0 Å². The molecule has 2 N–H and O–H groups in total. The summed E-state index contributed by atoms with van der Waals surface area (Å²) in [4.78, 5) is 14.1. The zero-order valence-corrected chi connectivity index (χ0v) is 20.5. The van der Waals surface area contributed by atoms with Crippen LogP contribution in [0.4, 0.5) is 11.6 Å². The smallest absolute Gasteiger partial charge is 0.227 e. The Balaban J connectivity index is 1.31. The number of hydrogen-bond acceptors (Lipinski definition) is 7. The van der Waals surface area contributed by atoms with E-state index in [1.807, 2.05) is 89.5 Å². The van der Waals surface area contributed by atoms with Crippen molar-refractivity contribution < 1.29 is 9.84 Å². The monoisotopic (exact) mass is 503 g/mol. The van der Waals surface area contributed by atoms with Crippen LogP contribution < -0.4 is 10.1 Å². The van der Waals surface area contributed by atoms with Gasteiger partial charge in [-0.25, -0.2) is 15.0 Å². The zero-order valence-electron chi connectivity index (χ0n) is 20.5. The SMILES string of the molecule is OCCn1cc(Nc2nccc(-c3c(-c4ccc(OCc5ccccc5)cc4)nc4ccccn34)n2)cn1. The number of aliphatic hydroxyl groups excluding tert-OH is 1. The lowest BCUT2D eigenvalue weighted by atomic mass is 10.1. The van der Waals surface area contributed by atoms with Crippen LogP contribution in [0.15, 0.2) is 104 Å². The van der Waals surface area contributed by atoms with Gasteiger partial charge in [0.25, 0.3) is 0 Å². The van der Waals surface area contributed by atoms with E-state index in [0.717, 1.165) is 45.3 Å². The van der Waals surface area contributed by atoms with E-state index in [1.165, 1.54) is 0 Å². The van der Waals surface area contributed by atoms with E-state index < -0.39 is 0 Å². The average molecular weight is 504 g/mol. The fourth-order valence-electron chi connectivity index (χ4n) is 4.22. The number of ether oxygens (including phenoxy) is 1. The van der Waals surface area contributed by atoms with Crippen molar-refractivity contribution in [1.82, 2.24) is 29.1 Å². The average Bonchev–Trinajstić information content (AvgIpc) is 3.57. The fraction of sp³-hybridized carbons (Fsp3) is 0.103. The van der Waals surface area contributed by atoms with Crippen molar-refractivity contribution in [2.45, 2.75) is 13.2 Å². The second-order valence-corrected chi connectivity index (χ2v) is 8.64. The van der Waals surface area contributed by atoms with Gasteiger partial charge in [-0.3, -0.25) is 9.08 Å². The van der Waals surface area contributed by atoms with Gasteiger partial charge >= 0.3 is 0 Å². The molecule has 9 nitrogen and oxygen atoms in total. The molecule has 4 heterocycles. The molecule has 0 aliphatic carbocycles. The number of pyridine rings is 1. The second kappa shape index (κ2) is 10.5. The second-order valence-electron chi connectivity index (χ2n) is 8.64.